The molecule has 0 atom stereocenters. The van der Waals surface area contributed by atoms with Gasteiger partial charge < -0.3 is 9.88 Å². The summed E-state index contributed by atoms with van der Waals surface area (Å²) in [6.07, 6.45) is 0.806. The van der Waals surface area contributed by atoms with Crippen molar-refractivity contribution in [1.29, 1.82) is 0 Å². The third kappa shape index (κ3) is 3.89. The van der Waals surface area contributed by atoms with Crippen LogP contribution in [0.2, 0.25) is 0 Å². The zero-order chi connectivity index (χ0) is 22.1. The Labute approximate surface area is 185 Å². The Morgan fingerprint density at radius 3 is 2.25 bits per heavy atom. The maximum atomic E-state index is 12.6. The molecule has 3 aromatic rings. The minimum Gasteiger partial charge on any atom is -0.341 e. The number of rotatable bonds is 6. The van der Waals surface area contributed by atoms with Crippen LogP contribution in [0.25, 0.3) is 11.0 Å². The maximum absolute atomic E-state index is 12.6. The van der Waals surface area contributed by atoms with E-state index in [-0.39, 0.29) is 24.3 Å². The number of piperazine rings is 1. The average molecular weight is 431 g/mol. The summed E-state index contributed by atoms with van der Waals surface area (Å²) in [6, 6.07) is 14.8. The number of benzene rings is 2. The standard InChI is InChI=1S/C24H25N5O3/c30-22(10-5-11-29-23(31)17-6-1-2-7-18(17)24(29)32)28-14-12-27(13-15-28)16-21-25-19-8-3-4-9-20(19)26-21/h1-4,6-9H,5,10-16H2,(H,25,26). The van der Waals surface area contributed by atoms with Crippen LogP contribution in [0, 0.1) is 0 Å². The molecule has 1 N–H and O–H groups in total. The van der Waals surface area contributed by atoms with Crippen LogP contribution in [0.4, 0.5) is 0 Å². The second-order valence-electron chi connectivity index (χ2n) is 8.27. The van der Waals surface area contributed by atoms with Crippen LogP contribution in [-0.2, 0) is 11.3 Å². The highest BCUT2D eigenvalue weighted by Gasteiger charge is 2.34. The Hall–Kier alpha value is -3.52. The molecule has 3 heterocycles. The first kappa shape index (κ1) is 20.4. The van der Waals surface area contributed by atoms with E-state index in [1.54, 1.807) is 24.3 Å². The highest BCUT2D eigenvalue weighted by Crippen LogP contribution is 2.23. The summed E-state index contributed by atoms with van der Waals surface area (Å²) in [5, 5.41) is 0. The van der Waals surface area contributed by atoms with E-state index in [2.05, 4.69) is 14.9 Å². The van der Waals surface area contributed by atoms with E-state index in [4.69, 9.17) is 0 Å². The van der Waals surface area contributed by atoms with E-state index in [0.717, 1.165) is 36.5 Å². The largest absolute Gasteiger partial charge is 0.341 e. The third-order valence-electron chi connectivity index (χ3n) is 6.19. The molecule has 0 spiro atoms. The lowest BCUT2D eigenvalue weighted by molar-refractivity contribution is -0.133. The number of hydrogen-bond acceptors (Lipinski definition) is 5. The van der Waals surface area contributed by atoms with Gasteiger partial charge >= 0.3 is 0 Å². The number of carbonyl (C=O) groups is 3. The summed E-state index contributed by atoms with van der Waals surface area (Å²) in [6.45, 7) is 3.93. The zero-order valence-corrected chi connectivity index (χ0v) is 17.8. The fraction of sp³-hybridized carbons (Fsp3) is 0.333. The summed E-state index contributed by atoms with van der Waals surface area (Å²) in [7, 11) is 0. The Morgan fingerprint density at radius 2 is 1.56 bits per heavy atom. The van der Waals surface area contributed by atoms with Crippen molar-refractivity contribution >= 4 is 28.8 Å². The number of nitrogens with one attached hydrogen (secondary N) is 1. The van der Waals surface area contributed by atoms with Crippen LogP contribution in [0.5, 0.6) is 0 Å². The summed E-state index contributed by atoms with van der Waals surface area (Å²) >= 11 is 0. The second kappa shape index (κ2) is 8.55. The third-order valence-corrected chi connectivity index (χ3v) is 6.19. The van der Waals surface area contributed by atoms with Gasteiger partial charge in [0.1, 0.15) is 5.82 Å². The van der Waals surface area contributed by atoms with Gasteiger partial charge in [-0.3, -0.25) is 24.2 Å². The number of nitrogens with zero attached hydrogens (tertiary/aromatic N) is 4. The smallest absolute Gasteiger partial charge is 0.261 e. The fourth-order valence-electron chi connectivity index (χ4n) is 4.44. The SMILES string of the molecule is O=C(CCCN1C(=O)c2ccccc2C1=O)N1CCN(Cc2nc3ccccc3[nH]2)CC1. The van der Waals surface area contributed by atoms with Gasteiger partial charge in [0.25, 0.3) is 11.8 Å². The highest BCUT2D eigenvalue weighted by atomic mass is 16.2. The lowest BCUT2D eigenvalue weighted by Gasteiger charge is -2.34. The predicted octanol–water partition coefficient (Wildman–Crippen LogP) is 2.28. The first-order valence-electron chi connectivity index (χ1n) is 11.0. The predicted molar refractivity (Wildman–Crippen MR) is 119 cm³/mol. The van der Waals surface area contributed by atoms with E-state index in [1.807, 2.05) is 29.2 Å². The number of imide groups is 1. The zero-order valence-electron chi connectivity index (χ0n) is 17.8. The van der Waals surface area contributed by atoms with Gasteiger partial charge in [-0.15, -0.1) is 0 Å². The van der Waals surface area contributed by atoms with Crippen LogP contribution in [-0.4, -0.2) is 75.1 Å². The molecule has 8 nitrogen and oxygen atoms in total. The van der Waals surface area contributed by atoms with Crippen molar-refractivity contribution in [3.63, 3.8) is 0 Å². The normalized spacial score (nSPS) is 16.8. The number of para-hydroxylation sites is 2. The maximum Gasteiger partial charge on any atom is 0.261 e. The molecule has 2 aliphatic heterocycles. The van der Waals surface area contributed by atoms with Gasteiger partial charge in [-0.1, -0.05) is 24.3 Å². The molecule has 0 unspecified atom stereocenters. The molecule has 0 radical (unpaired) electrons. The van der Waals surface area contributed by atoms with Crippen LogP contribution in [0.1, 0.15) is 39.4 Å². The van der Waals surface area contributed by atoms with E-state index < -0.39 is 0 Å². The summed E-state index contributed by atoms with van der Waals surface area (Å²) in [5.74, 6) is 0.478. The number of H-pyrrole nitrogens is 1. The van der Waals surface area contributed by atoms with Crippen LogP contribution < -0.4 is 0 Å². The lowest BCUT2D eigenvalue weighted by Crippen LogP contribution is -2.48. The Bertz CT molecular complexity index is 1110. The van der Waals surface area contributed by atoms with Gasteiger partial charge in [-0.25, -0.2) is 4.98 Å². The molecule has 3 amide bonds. The molecule has 1 saturated heterocycles. The van der Waals surface area contributed by atoms with E-state index >= 15 is 0 Å². The van der Waals surface area contributed by atoms with Crippen molar-refractivity contribution in [2.45, 2.75) is 19.4 Å². The molecule has 5 rings (SSSR count). The first-order chi connectivity index (χ1) is 15.6. The van der Waals surface area contributed by atoms with E-state index in [0.29, 0.717) is 37.1 Å². The molecule has 8 heteroatoms. The van der Waals surface area contributed by atoms with Crippen LogP contribution in [0.3, 0.4) is 0 Å². The molecule has 2 aromatic carbocycles. The summed E-state index contributed by atoms with van der Waals surface area (Å²) in [5.41, 5.74) is 2.90. The van der Waals surface area contributed by atoms with E-state index in [1.165, 1.54) is 4.90 Å². The molecule has 0 bridgehead atoms. The highest BCUT2D eigenvalue weighted by molar-refractivity contribution is 6.21. The Kier molecular flexibility index (Phi) is 5.45. The topological polar surface area (TPSA) is 89.6 Å². The number of amides is 3. The van der Waals surface area contributed by atoms with Gasteiger partial charge in [0.15, 0.2) is 0 Å². The van der Waals surface area contributed by atoms with Crippen molar-refractivity contribution in [3.8, 4) is 0 Å². The number of aromatic nitrogens is 2. The van der Waals surface area contributed by atoms with Gasteiger partial charge in [0, 0.05) is 39.1 Å². The second-order valence-corrected chi connectivity index (χ2v) is 8.27. The number of carbonyl (C=O) groups excluding carboxylic acids is 3. The van der Waals surface area contributed by atoms with Crippen molar-refractivity contribution in [3.05, 3.63) is 65.5 Å². The molecule has 1 aromatic heterocycles. The van der Waals surface area contributed by atoms with Crippen molar-refractivity contribution in [2.24, 2.45) is 0 Å². The minimum atomic E-state index is -0.266. The molecule has 164 valence electrons. The van der Waals surface area contributed by atoms with E-state index in [9.17, 15) is 14.4 Å². The van der Waals surface area contributed by atoms with Gasteiger partial charge in [-0.05, 0) is 30.7 Å². The van der Waals surface area contributed by atoms with Crippen molar-refractivity contribution in [1.82, 2.24) is 24.7 Å². The Balaban J connectivity index is 1.08. The molecule has 2 aliphatic rings. The minimum absolute atomic E-state index is 0.0741. The van der Waals surface area contributed by atoms with Gasteiger partial charge in [0.2, 0.25) is 5.91 Å². The molecule has 0 saturated carbocycles. The quantitative estimate of drug-likeness (QED) is 0.605. The molecular formula is C24H25N5O3. The number of imidazole rings is 1. The van der Waals surface area contributed by atoms with Crippen molar-refractivity contribution in [2.75, 3.05) is 32.7 Å². The number of fused-ring (bicyclic) bond motifs is 2. The first-order valence-corrected chi connectivity index (χ1v) is 11.0. The Morgan fingerprint density at radius 1 is 0.906 bits per heavy atom. The molecule has 32 heavy (non-hydrogen) atoms. The summed E-state index contributed by atoms with van der Waals surface area (Å²) < 4.78 is 0. The van der Waals surface area contributed by atoms with Crippen molar-refractivity contribution < 1.29 is 14.4 Å². The van der Waals surface area contributed by atoms with Crippen LogP contribution >= 0.6 is 0 Å². The van der Waals surface area contributed by atoms with Crippen LogP contribution in [0.15, 0.2) is 48.5 Å². The van der Waals surface area contributed by atoms with Gasteiger partial charge in [-0.2, -0.15) is 0 Å². The lowest BCUT2D eigenvalue weighted by atomic mass is 10.1. The molecular weight excluding hydrogens is 406 g/mol. The number of hydrogen-bond donors (Lipinski definition) is 1. The number of aromatic amines is 1. The average Bonchev–Trinajstić information content (AvgIpc) is 3.33. The fourth-order valence-corrected chi connectivity index (χ4v) is 4.44. The van der Waals surface area contributed by atoms with Gasteiger partial charge in [0.05, 0.1) is 28.7 Å². The molecule has 1 fully saturated rings. The molecule has 0 aliphatic carbocycles. The summed E-state index contributed by atoms with van der Waals surface area (Å²) in [4.78, 5) is 50.9. The monoisotopic (exact) mass is 431 g/mol.